The molecule has 0 radical (unpaired) electrons. The predicted octanol–water partition coefficient (Wildman–Crippen LogP) is 0.0289. The van der Waals surface area contributed by atoms with Gasteiger partial charge in [-0.2, -0.15) is 0 Å². The smallest absolute Gasteiger partial charge is 0.250 e. The quantitative estimate of drug-likeness (QED) is 0.570. The third-order valence-corrected chi connectivity index (χ3v) is 5.61. The fraction of sp³-hybridized carbons (Fsp3) is 0.450. The van der Waals surface area contributed by atoms with Crippen LogP contribution in [0.4, 0.5) is 5.69 Å². The molecule has 1 aromatic carbocycles. The number of nitrogens with one attached hydrogen (secondary N) is 2. The van der Waals surface area contributed by atoms with Crippen LogP contribution in [0.2, 0.25) is 0 Å². The summed E-state index contributed by atoms with van der Waals surface area (Å²) in [7, 11) is 0. The largest absolute Gasteiger partial charge is 0.508 e. The van der Waals surface area contributed by atoms with Crippen LogP contribution < -0.4 is 15.8 Å². The first-order valence-electron chi connectivity index (χ1n) is 9.33. The number of piperidine rings is 1. The molecule has 0 spiro atoms. The Hall–Kier alpha value is -2.31. The lowest BCUT2D eigenvalue weighted by Gasteiger charge is -2.40. The van der Waals surface area contributed by atoms with E-state index >= 15 is 0 Å². The van der Waals surface area contributed by atoms with Gasteiger partial charge in [-0.25, -0.2) is 0 Å². The molecule has 1 unspecified atom stereocenters. The van der Waals surface area contributed by atoms with E-state index in [0.717, 1.165) is 37.4 Å². The second kappa shape index (κ2) is 7.13. The van der Waals surface area contributed by atoms with Crippen LogP contribution in [0.25, 0.3) is 0 Å². The number of hydrogen-bond acceptors (Lipinski definition) is 4. The van der Waals surface area contributed by atoms with Crippen molar-refractivity contribution in [2.45, 2.75) is 25.0 Å². The second-order valence-corrected chi connectivity index (χ2v) is 7.64. The maximum atomic E-state index is 12.1. The van der Waals surface area contributed by atoms with Crippen molar-refractivity contribution in [3.8, 4) is 5.75 Å². The Morgan fingerprint density at radius 1 is 1.19 bits per heavy atom. The predicted molar refractivity (Wildman–Crippen MR) is 99.7 cm³/mol. The van der Waals surface area contributed by atoms with E-state index in [9.17, 15) is 15.0 Å². The molecule has 4 atom stereocenters. The number of quaternary nitrogens is 1. The Morgan fingerprint density at radius 2 is 2.00 bits per heavy atom. The van der Waals surface area contributed by atoms with Gasteiger partial charge >= 0.3 is 0 Å². The average molecular weight is 356 g/mol. The highest BCUT2D eigenvalue weighted by Gasteiger charge is 2.37. The Morgan fingerprint density at radius 3 is 2.81 bits per heavy atom. The molecule has 1 fully saturated rings. The number of anilines is 1. The molecule has 4 rings (SSSR count). The van der Waals surface area contributed by atoms with Crippen LogP contribution in [0.5, 0.6) is 5.75 Å². The van der Waals surface area contributed by atoms with Crippen molar-refractivity contribution in [1.82, 2.24) is 4.57 Å². The van der Waals surface area contributed by atoms with Gasteiger partial charge in [0.05, 0.1) is 13.1 Å². The number of rotatable bonds is 5. The summed E-state index contributed by atoms with van der Waals surface area (Å²) in [6.45, 7) is 3.97. The maximum absolute atomic E-state index is 12.1. The highest BCUT2D eigenvalue weighted by Crippen LogP contribution is 2.29. The molecule has 2 aliphatic heterocycles. The number of aliphatic hydroxyl groups excluding tert-OH is 1. The molecule has 6 nitrogen and oxygen atoms in total. The molecule has 0 amide bonds. The van der Waals surface area contributed by atoms with Gasteiger partial charge in [0.2, 0.25) is 0 Å². The topological polar surface area (TPSA) is 78.9 Å². The summed E-state index contributed by atoms with van der Waals surface area (Å²) in [5.74, 6) is 1.15. The molecule has 2 bridgehead atoms. The summed E-state index contributed by atoms with van der Waals surface area (Å²) in [4.78, 5) is 13.5. The van der Waals surface area contributed by atoms with Crippen molar-refractivity contribution in [3.63, 3.8) is 0 Å². The van der Waals surface area contributed by atoms with Crippen LogP contribution in [0, 0.1) is 5.92 Å². The number of aromatic hydroxyl groups is 1. The molecular formula is C20H26N3O3+. The average Bonchev–Trinajstić information content (AvgIpc) is 2.62. The normalized spacial score (nSPS) is 25.3. The number of nitrogens with zero attached hydrogens (tertiary/aromatic N) is 1. The molecule has 26 heavy (non-hydrogen) atoms. The first kappa shape index (κ1) is 17.1. The van der Waals surface area contributed by atoms with Crippen molar-refractivity contribution >= 4 is 5.69 Å². The highest BCUT2D eigenvalue weighted by atomic mass is 16.3. The molecule has 0 aliphatic carbocycles. The Bertz CT molecular complexity index is 818. The number of phenols is 1. The summed E-state index contributed by atoms with van der Waals surface area (Å²) in [5, 5.41) is 23.0. The number of benzene rings is 1. The number of aliphatic hydroxyl groups is 1. The first-order chi connectivity index (χ1) is 12.6. The van der Waals surface area contributed by atoms with Gasteiger partial charge in [0.25, 0.3) is 5.56 Å². The van der Waals surface area contributed by atoms with Gasteiger partial charge in [0, 0.05) is 42.4 Å². The van der Waals surface area contributed by atoms with Crippen LogP contribution in [0.15, 0.2) is 47.3 Å². The van der Waals surface area contributed by atoms with Gasteiger partial charge in [-0.3, -0.25) is 4.79 Å². The van der Waals surface area contributed by atoms with Crippen molar-refractivity contribution in [2.24, 2.45) is 5.92 Å². The van der Waals surface area contributed by atoms with Crippen LogP contribution in [0.3, 0.4) is 0 Å². The number of pyridine rings is 1. The summed E-state index contributed by atoms with van der Waals surface area (Å²) >= 11 is 0. The Balaban J connectivity index is 1.35. The first-order valence-corrected chi connectivity index (χ1v) is 9.33. The Kier molecular flexibility index (Phi) is 4.70. The fourth-order valence-corrected chi connectivity index (χ4v) is 4.51. The van der Waals surface area contributed by atoms with E-state index in [2.05, 4.69) is 11.4 Å². The lowest BCUT2D eigenvalue weighted by Crippen LogP contribution is -3.15. The van der Waals surface area contributed by atoms with E-state index in [1.807, 2.05) is 10.6 Å². The molecule has 4 N–H and O–H groups in total. The van der Waals surface area contributed by atoms with Crippen LogP contribution >= 0.6 is 0 Å². The van der Waals surface area contributed by atoms with E-state index in [-0.39, 0.29) is 11.3 Å². The van der Waals surface area contributed by atoms with Gasteiger partial charge in [-0.1, -0.05) is 6.07 Å². The summed E-state index contributed by atoms with van der Waals surface area (Å²) in [6, 6.07) is 12.4. The maximum Gasteiger partial charge on any atom is 0.250 e. The number of phenolic OH excluding ortho intramolecular Hbond substituents is 1. The number of fused-ring (bicyclic) bond motifs is 4. The minimum absolute atomic E-state index is 0.110. The fourth-order valence-electron chi connectivity index (χ4n) is 4.51. The SMILES string of the molecule is O=c1cccc2n1C[C@H]1C[C@@H]2C[NH+](C[C@@H](O)CNc2ccc(O)cc2)C1. The van der Waals surface area contributed by atoms with Crippen LogP contribution in [-0.4, -0.2) is 47.1 Å². The summed E-state index contributed by atoms with van der Waals surface area (Å²) < 4.78 is 1.94. The van der Waals surface area contributed by atoms with E-state index in [1.165, 1.54) is 4.90 Å². The molecule has 138 valence electrons. The molecule has 6 heteroatoms. The van der Waals surface area contributed by atoms with Gasteiger partial charge in [-0.15, -0.1) is 0 Å². The minimum atomic E-state index is -0.435. The third-order valence-electron chi connectivity index (χ3n) is 5.61. The van der Waals surface area contributed by atoms with Crippen molar-refractivity contribution < 1.29 is 15.1 Å². The van der Waals surface area contributed by atoms with E-state index in [0.29, 0.717) is 24.9 Å². The van der Waals surface area contributed by atoms with Crippen molar-refractivity contribution in [2.75, 3.05) is 31.5 Å². The summed E-state index contributed by atoms with van der Waals surface area (Å²) in [6.07, 6.45) is 0.713. The van der Waals surface area contributed by atoms with Crippen molar-refractivity contribution in [1.29, 1.82) is 0 Å². The molecular weight excluding hydrogens is 330 g/mol. The zero-order chi connectivity index (χ0) is 18.1. The van der Waals surface area contributed by atoms with Crippen LogP contribution in [-0.2, 0) is 6.54 Å². The van der Waals surface area contributed by atoms with E-state index < -0.39 is 6.10 Å². The molecule has 1 aromatic heterocycles. The number of likely N-dealkylation sites (tertiary alicyclic amines) is 1. The summed E-state index contributed by atoms with van der Waals surface area (Å²) in [5.41, 5.74) is 2.15. The monoisotopic (exact) mass is 356 g/mol. The zero-order valence-corrected chi connectivity index (χ0v) is 14.8. The second-order valence-electron chi connectivity index (χ2n) is 7.64. The molecule has 2 aromatic rings. The molecule has 3 heterocycles. The van der Waals surface area contributed by atoms with Gasteiger partial charge in [-0.05, 0) is 36.8 Å². The minimum Gasteiger partial charge on any atom is -0.508 e. The van der Waals surface area contributed by atoms with E-state index in [4.69, 9.17) is 0 Å². The van der Waals surface area contributed by atoms with Gasteiger partial charge in [0.15, 0.2) is 0 Å². The highest BCUT2D eigenvalue weighted by molar-refractivity contribution is 5.45. The zero-order valence-electron chi connectivity index (χ0n) is 14.8. The molecule has 2 aliphatic rings. The standard InChI is InChI=1S/C20H25N3O3/c24-17-6-4-16(5-7-17)21-9-18(25)13-22-10-14-8-15(12-22)19-2-1-3-20(26)23(19)11-14/h1-7,14-15,18,21,24-25H,8-13H2/p+1/t14-,15+,18-/m0/s1. The van der Waals surface area contributed by atoms with Crippen LogP contribution in [0.1, 0.15) is 18.0 Å². The lowest BCUT2D eigenvalue weighted by atomic mass is 9.83. The third kappa shape index (κ3) is 3.61. The van der Waals surface area contributed by atoms with Gasteiger partial charge < -0.3 is 25.0 Å². The van der Waals surface area contributed by atoms with Crippen molar-refractivity contribution in [3.05, 3.63) is 58.5 Å². The number of aromatic nitrogens is 1. The van der Waals surface area contributed by atoms with E-state index in [1.54, 1.807) is 30.3 Å². The van der Waals surface area contributed by atoms with Gasteiger partial charge in [0.1, 0.15) is 18.4 Å². The molecule has 0 saturated carbocycles. The molecule has 1 saturated heterocycles. The lowest BCUT2D eigenvalue weighted by molar-refractivity contribution is -0.913. The number of hydrogen-bond donors (Lipinski definition) is 4. The Labute approximate surface area is 152 Å².